The van der Waals surface area contributed by atoms with E-state index >= 15 is 0 Å². The standard InChI is InChI=1S/C9H12O/c1-7-3-4-8(2)9(5-7)6-10/h3-4,6,9H,5H2,1-2H3. The van der Waals surface area contributed by atoms with E-state index in [9.17, 15) is 4.79 Å². The van der Waals surface area contributed by atoms with E-state index in [1.54, 1.807) is 0 Å². The summed E-state index contributed by atoms with van der Waals surface area (Å²) in [5.41, 5.74) is 2.48. The summed E-state index contributed by atoms with van der Waals surface area (Å²) in [6.45, 7) is 4.06. The highest BCUT2D eigenvalue weighted by molar-refractivity contribution is 5.60. The van der Waals surface area contributed by atoms with Gasteiger partial charge in [-0.2, -0.15) is 0 Å². The van der Waals surface area contributed by atoms with Gasteiger partial charge in [-0.15, -0.1) is 0 Å². The van der Waals surface area contributed by atoms with Gasteiger partial charge in [-0.3, -0.25) is 0 Å². The first-order valence-electron chi connectivity index (χ1n) is 3.53. The van der Waals surface area contributed by atoms with Crippen LogP contribution in [0.1, 0.15) is 20.3 Å². The Balaban J connectivity index is 2.77. The van der Waals surface area contributed by atoms with Gasteiger partial charge in [0.15, 0.2) is 0 Å². The molecule has 0 saturated carbocycles. The van der Waals surface area contributed by atoms with E-state index in [-0.39, 0.29) is 5.92 Å². The van der Waals surface area contributed by atoms with E-state index in [0.717, 1.165) is 12.7 Å². The third-order valence-corrected chi connectivity index (χ3v) is 1.92. The van der Waals surface area contributed by atoms with Crippen molar-refractivity contribution in [1.29, 1.82) is 0 Å². The molecule has 0 amide bonds. The predicted octanol–water partition coefficient (Wildman–Crippen LogP) is 2.10. The molecule has 0 bridgehead atoms. The van der Waals surface area contributed by atoms with Crippen molar-refractivity contribution in [2.45, 2.75) is 20.3 Å². The lowest BCUT2D eigenvalue weighted by molar-refractivity contribution is -0.110. The summed E-state index contributed by atoms with van der Waals surface area (Å²) >= 11 is 0. The molecule has 1 nitrogen and oxygen atoms in total. The maximum Gasteiger partial charge on any atom is 0.127 e. The monoisotopic (exact) mass is 136 g/mol. The fraction of sp³-hybridized carbons (Fsp3) is 0.444. The van der Waals surface area contributed by atoms with Gasteiger partial charge in [-0.25, -0.2) is 0 Å². The summed E-state index contributed by atoms with van der Waals surface area (Å²) in [6, 6.07) is 0. The molecular formula is C9H12O. The zero-order valence-electron chi connectivity index (χ0n) is 6.42. The van der Waals surface area contributed by atoms with Gasteiger partial charge in [-0.1, -0.05) is 23.3 Å². The maximum absolute atomic E-state index is 10.4. The second-order valence-corrected chi connectivity index (χ2v) is 2.87. The second kappa shape index (κ2) is 2.82. The molecule has 0 spiro atoms. The molecule has 1 heteroatoms. The number of carbonyl (C=O) groups excluding carboxylic acids is 1. The van der Waals surface area contributed by atoms with Crippen molar-refractivity contribution in [2.75, 3.05) is 0 Å². The minimum Gasteiger partial charge on any atom is -0.303 e. The van der Waals surface area contributed by atoms with Gasteiger partial charge >= 0.3 is 0 Å². The Kier molecular flexibility index (Phi) is 2.05. The van der Waals surface area contributed by atoms with Crippen molar-refractivity contribution in [2.24, 2.45) is 5.92 Å². The number of allylic oxidation sites excluding steroid dienone is 4. The van der Waals surface area contributed by atoms with Gasteiger partial charge in [0.05, 0.1) is 0 Å². The summed E-state index contributed by atoms with van der Waals surface area (Å²) in [5.74, 6) is 0.144. The van der Waals surface area contributed by atoms with E-state index in [2.05, 4.69) is 13.0 Å². The molecule has 1 aliphatic rings. The van der Waals surface area contributed by atoms with Crippen molar-refractivity contribution in [1.82, 2.24) is 0 Å². The van der Waals surface area contributed by atoms with Crippen LogP contribution in [0.5, 0.6) is 0 Å². The molecule has 54 valence electrons. The number of carbonyl (C=O) groups is 1. The van der Waals surface area contributed by atoms with Gasteiger partial charge in [0.25, 0.3) is 0 Å². The number of rotatable bonds is 1. The van der Waals surface area contributed by atoms with E-state index < -0.39 is 0 Å². The first kappa shape index (κ1) is 7.26. The van der Waals surface area contributed by atoms with Crippen LogP contribution in [0, 0.1) is 5.92 Å². The molecule has 0 aliphatic heterocycles. The topological polar surface area (TPSA) is 17.1 Å². The van der Waals surface area contributed by atoms with E-state index in [1.165, 1.54) is 11.1 Å². The Hall–Kier alpha value is -0.850. The Labute approximate surface area is 61.4 Å². The number of hydrogen-bond acceptors (Lipinski definition) is 1. The molecule has 10 heavy (non-hydrogen) atoms. The highest BCUT2D eigenvalue weighted by Gasteiger charge is 2.12. The largest absolute Gasteiger partial charge is 0.303 e. The fourth-order valence-electron chi connectivity index (χ4n) is 1.13. The predicted molar refractivity (Wildman–Crippen MR) is 41.7 cm³/mol. The fourth-order valence-corrected chi connectivity index (χ4v) is 1.13. The molecular weight excluding hydrogens is 124 g/mol. The van der Waals surface area contributed by atoms with Crippen molar-refractivity contribution in [3.63, 3.8) is 0 Å². The Bertz CT molecular complexity index is 199. The van der Waals surface area contributed by atoms with Gasteiger partial charge in [0.2, 0.25) is 0 Å². The van der Waals surface area contributed by atoms with Gasteiger partial charge in [-0.05, 0) is 20.3 Å². The molecule has 1 atom stereocenters. The first-order valence-corrected chi connectivity index (χ1v) is 3.53. The summed E-state index contributed by atoms with van der Waals surface area (Å²) in [4.78, 5) is 10.4. The lowest BCUT2D eigenvalue weighted by Gasteiger charge is -2.14. The molecule has 0 saturated heterocycles. The average molecular weight is 136 g/mol. The van der Waals surface area contributed by atoms with E-state index in [4.69, 9.17) is 0 Å². The average Bonchev–Trinajstić information content (AvgIpc) is 1.94. The highest BCUT2D eigenvalue weighted by Crippen LogP contribution is 2.22. The van der Waals surface area contributed by atoms with Crippen LogP contribution in [0.15, 0.2) is 23.3 Å². The van der Waals surface area contributed by atoms with Crippen LogP contribution in [0.25, 0.3) is 0 Å². The molecule has 0 aromatic carbocycles. The van der Waals surface area contributed by atoms with Crippen LogP contribution >= 0.6 is 0 Å². The molecule has 0 aromatic heterocycles. The Morgan fingerprint density at radius 2 is 2.20 bits per heavy atom. The van der Waals surface area contributed by atoms with Crippen LogP contribution in [0.2, 0.25) is 0 Å². The van der Waals surface area contributed by atoms with Gasteiger partial charge in [0.1, 0.15) is 6.29 Å². The van der Waals surface area contributed by atoms with Crippen molar-refractivity contribution in [3.8, 4) is 0 Å². The molecule has 0 radical (unpaired) electrons. The molecule has 1 aliphatic carbocycles. The summed E-state index contributed by atoms with van der Waals surface area (Å²) in [5, 5.41) is 0. The van der Waals surface area contributed by atoms with E-state index in [1.807, 2.05) is 13.0 Å². The second-order valence-electron chi connectivity index (χ2n) is 2.87. The third kappa shape index (κ3) is 1.35. The molecule has 0 N–H and O–H groups in total. The van der Waals surface area contributed by atoms with Gasteiger partial charge < -0.3 is 4.79 Å². The first-order chi connectivity index (χ1) is 4.74. The molecule has 0 fully saturated rings. The Morgan fingerprint density at radius 1 is 1.50 bits per heavy atom. The van der Waals surface area contributed by atoms with Crippen molar-refractivity contribution >= 4 is 6.29 Å². The zero-order valence-corrected chi connectivity index (χ0v) is 6.42. The van der Waals surface area contributed by atoms with E-state index in [0.29, 0.717) is 0 Å². The van der Waals surface area contributed by atoms with Crippen LogP contribution in [-0.4, -0.2) is 6.29 Å². The molecule has 1 unspecified atom stereocenters. The van der Waals surface area contributed by atoms with Crippen LogP contribution < -0.4 is 0 Å². The zero-order chi connectivity index (χ0) is 7.56. The maximum atomic E-state index is 10.4. The lowest BCUT2D eigenvalue weighted by Crippen LogP contribution is -2.06. The molecule has 1 rings (SSSR count). The SMILES string of the molecule is CC1=CC=C(C)C(C=O)C1. The summed E-state index contributed by atoms with van der Waals surface area (Å²) in [7, 11) is 0. The normalized spacial score (nSPS) is 25.2. The molecule has 0 aromatic rings. The van der Waals surface area contributed by atoms with Crippen molar-refractivity contribution in [3.05, 3.63) is 23.3 Å². The quantitative estimate of drug-likeness (QED) is 0.504. The summed E-state index contributed by atoms with van der Waals surface area (Å²) in [6.07, 6.45) is 6.04. The van der Waals surface area contributed by atoms with Crippen LogP contribution in [-0.2, 0) is 4.79 Å². The van der Waals surface area contributed by atoms with Crippen molar-refractivity contribution < 1.29 is 4.79 Å². The highest BCUT2D eigenvalue weighted by atomic mass is 16.1. The summed E-state index contributed by atoms with van der Waals surface area (Å²) < 4.78 is 0. The number of aldehydes is 1. The number of hydrogen-bond donors (Lipinski definition) is 0. The minimum absolute atomic E-state index is 0.144. The van der Waals surface area contributed by atoms with Crippen LogP contribution in [0.4, 0.5) is 0 Å². The van der Waals surface area contributed by atoms with Gasteiger partial charge in [0, 0.05) is 5.92 Å². The molecule has 0 heterocycles. The Morgan fingerprint density at radius 3 is 2.70 bits per heavy atom. The third-order valence-electron chi connectivity index (χ3n) is 1.92. The smallest absolute Gasteiger partial charge is 0.127 e. The lowest BCUT2D eigenvalue weighted by atomic mass is 9.90. The van der Waals surface area contributed by atoms with Crippen LogP contribution in [0.3, 0.4) is 0 Å². The minimum atomic E-state index is 0.144.